The number of nitrogens with zero attached hydrogens (tertiary/aromatic N) is 1. The molecule has 1 aliphatic heterocycles. The maximum absolute atomic E-state index is 11.6. The van der Waals surface area contributed by atoms with Crippen molar-refractivity contribution in [2.45, 2.75) is 38.6 Å². The van der Waals surface area contributed by atoms with Crippen LogP contribution in [0.2, 0.25) is 0 Å². The number of nitrogens with one attached hydrogen (secondary N) is 1. The second kappa shape index (κ2) is 6.55. The topological polar surface area (TPSA) is 49.4 Å². The van der Waals surface area contributed by atoms with E-state index in [1.54, 1.807) is 0 Å². The zero-order valence-electron chi connectivity index (χ0n) is 12.3. The van der Waals surface area contributed by atoms with Gasteiger partial charge >= 0.3 is 0 Å². The van der Waals surface area contributed by atoms with Crippen LogP contribution in [0.15, 0.2) is 0 Å². The summed E-state index contributed by atoms with van der Waals surface area (Å²) in [6.07, 6.45) is 4.65. The highest BCUT2D eigenvalue weighted by Crippen LogP contribution is 2.29. The van der Waals surface area contributed by atoms with Crippen molar-refractivity contribution in [1.29, 1.82) is 0 Å². The van der Waals surface area contributed by atoms with E-state index >= 15 is 0 Å². The van der Waals surface area contributed by atoms with Gasteiger partial charge in [-0.05, 0) is 51.1 Å². The average Bonchev–Trinajstić information content (AvgIpc) is 2.51. The Morgan fingerprint density at radius 1 is 1.21 bits per heavy atom. The molecule has 1 N–H and O–H groups in total. The van der Waals surface area contributed by atoms with Crippen molar-refractivity contribution in [3.05, 3.63) is 0 Å². The van der Waals surface area contributed by atoms with Crippen LogP contribution >= 0.6 is 0 Å². The van der Waals surface area contributed by atoms with Crippen LogP contribution in [0.3, 0.4) is 0 Å². The van der Waals surface area contributed by atoms with Crippen molar-refractivity contribution in [2.24, 2.45) is 11.8 Å². The fourth-order valence-electron chi connectivity index (χ4n) is 3.58. The molecule has 0 aromatic rings. The van der Waals surface area contributed by atoms with E-state index in [9.17, 15) is 8.42 Å². The summed E-state index contributed by atoms with van der Waals surface area (Å²) in [5.74, 6) is 2.21. The fraction of sp³-hybridized carbons (Fsp3) is 1.00. The largest absolute Gasteiger partial charge is 0.317 e. The summed E-state index contributed by atoms with van der Waals surface area (Å²) in [6, 6.07) is 0.607. The highest BCUT2D eigenvalue weighted by Gasteiger charge is 2.30. The lowest BCUT2D eigenvalue weighted by atomic mass is 9.78. The first-order chi connectivity index (χ1) is 9.00. The van der Waals surface area contributed by atoms with E-state index in [1.807, 2.05) is 0 Å². The second-order valence-electron chi connectivity index (χ2n) is 6.38. The molecule has 0 spiro atoms. The molecule has 1 aliphatic carbocycles. The van der Waals surface area contributed by atoms with Crippen molar-refractivity contribution < 1.29 is 8.42 Å². The maximum atomic E-state index is 11.6. The fourth-order valence-corrected chi connectivity index (χ4v) is 4.89. The van der Waals surface area contributed by atoms with Gasteiger partial charge in [0.1, 0.15) is 0 Å². The molecule has 0 aromatic carbocycles. The molecule has 2 fully saturated rings. The van der Waals surface area contributed by atoms with Crippen LogP contribution in [0.5, 0.6) is 0 Å². The molecule has 19 heavy (non-hydrogen) atoms. The summed E-state index contributed by atoms with van der Waals surface area (Å²) in [5.41, 5.74) is 0. The Balaban J connectivity index is 1.91. The summed E-state index contributed by atoms with van der Waals surface area (Å²) in [5, 5.41) is 3.45. The van der Waals surface area contributed by atoms with E-state index in [2.05, 4.69) is 24.2 Å². The number of hydrogen-bond donors (Lipinski definition) is 1. The molecule has 3 unspecified atom stereocenters. The third-order valence-electron chi connectivity index (χ3n) is 4.76. The van der Waals surface area contributed by atoms with E-state index in [0.29, 0.717) is 23.5 Å². The van der Waals surface area contributed by atoms with Gasteiger partial charge in [0.15, 0.2) is 9.84 Å². The average molecular weight is 288 g/mol. The summed E-state index contributed by atoms with van der Waals surface area (Å²) >= 11 is 0. The van der Waals surface area contributed by atoms with Crippen molar-refractivity contribution in [3.8, 4) is 0 Å². The molecule has 5 heteroatoms. The molecule has 112 valence electrons. The predicted molar refractivity (Wildman–Crippen MR) is 79.1 cm³/mol. The molecule has 1 saturated carbocycles. The zero-order valence-corrected chi connectivity index (χ0v) is 13.1. The molecule has 0 bridgehead atoms. The van der Waals surface area contributed by atoms with E-state index in [4.69, 9.17) is 0 Å². The zero-order chi connectivity index (χ0) is 13.9. The SMILES string of the molecule is CNC1CCC(C)CC1CN1CCCS(=O)(=O)CC1. The highest BCUT2D eigenvalue weighted by atomic mass is 32.2. The van der Waals surface area contributed by atoms with Crippen LogP contribution in [0, 0.1) is 11.8 Å². The molecule has 0 radical (unpaired) electrons. The minimum atomic E-state index is -2.78. The predicted octanol–water partition coefficient (Wildman–Crippen LogP) is 1.13. The van der Waals surface area contributed by atoms with Gasteiger partial charge in [0.25, 0.3) is 0 Å². The number of hydrogen-bond acceptors (Lipinski definition) is 4. The molecule has 4 nitrogen and oxygen atoms in total. The van der Waals surface area contributed by atoms with Gasteiger partial charge < -0.3 is 10.2 Å². The summed E-state index contributed by atoms with van der Waals surface area (Å²) in [4.78, 5) is 2.37. The first-order valence-corrected chi connectivity index (χ1v) is 9.42. The van der Waals surface area contributed by atoms with Gasteiger partial charge in [-0.1, -0.05) is 6.92 Å². The third kappa shape index (κ3) is 4.43. The van der Waals surface area contributed by atoms with Crippen molar-refractivity contribution in [1.82, 2.24) is 10.2 Å². The first kappa shape index (κ1) is 15.3. The summed E-state index contributed by atoms with van der Waals surface area (Å²) < 4.78 is 23.3. The van der Waals surface area contributed by atoms with Crippen LogP contribution in [0.1, 0.15) is 32.6 Å². The lowest BCUT2D eigenvalue weighted by Crippen LogP contribution is -2.45. The molecular formula is C14H28N2O2S. The summed E-state index contributed by atoms with van der Waals surface area (Å²) in [6.45, 7) is 5.07. The van der Waals surface area contributed by atoms with Crippen LogP contribution in [-0.4, -0.2) is 57.5 Å². The number of rotatable bonds is 3. The van der Waals surface area contributed by atoms with Gasteiger partial charge in [-0.3, -0.25) is 0 Å². The van der Waals surface area contributed by atoms with Crippen molar-refractivity contribution in [3.63, 3.8) is 0 Å². The lowest BCUT2D eigenvalue weighted by Gasteiger charge is -2.37. The Morgan fingerprint density at radius 3 is 2.74 bits per heavy atom. The Hall–Kier alpha value is -0.130. The lowest BCUT2D eigenvalue weighted by molar-refractivity contribution is 0.154. The Labute approximate surface area is 117 Å². The molecule has 0 aromatic heterocycles. The van der Waals surface area contributed by atoms with Gasteiger partial charge in [0, 0.05) is 19.1 Å². The van der Waals surface area contributed by atoms with Gasteiger partial charge in [-0.2, -0.15) is 0 Å². The van der Waals surface area contributed by atoms with Crippen molar-refractivity contribution in [2.75, 3.05) is 38.2 Å². The highest BCUT2D eigenvalue weighted by molar-refractivity contribution is 7.91. The van der Waals surface area contributed by atoms with Gasteiger partial charge in [0.2, 0.25) is 0 Å². The molecule has 0 amide bonds. The van der Waals surface area contributed by atoms with E-state index in [1.165, 1.54) is 19.3 Å². The normalized spacial score (nSPS) is 36.8. The molecular weight excluding hydrogens is 260 g/mol. The van der Waals surface area contributed by atoms with Crippen LogP contribution in [0.4, 0.5) is 0 Å². The molecule has 2 rings (SSSR count). The minimum absolute atomic E-state index is 0.347. The van der Waals surface area contributed by atoms with Gasteiger partial charge in [-0.15, -0.1) is 0 Å². The first-order valence-electron chi connectivity index (χ1n) is 7.60. The summed E-state index contributed by atoms with van der Waals surface area (Å²) in [7, 11) is -0.724. The van der Waals surface area contributed by atoms with Crippen molar-refractivity contribution >= 4 is 9.84 Å². The van der Waals surface area contributed by atoms with Crippen LogP contribution in [0.25, 0.3) is 0 Å². The molecule has 1 heterocycles. The van der Waals surface area contributed by atoms with E-state index in [0.717, 1.165) is 32.0 Å². The van der Waals surface area contributed by atoms with Gasteiger partial charge in [0.05, 0.1) is 11.5 Å². The minimum Gasteiger partial charge on any atom is -0.317 e. The van der Waals surface area contributed by atoms with Gasteiger partial charge in [-0.25, -0.2) is 8.42 Å². The maximum Gasteiger partial charge on any atom is 0.151 e. The molecule has 2 aliphatic rings. The van der Waals surface area contributed by atoms with E-state index in [-0.39, 0.29) is 0 Å². The Kier molecular flexibility index (Phi) is 5.26. The van der Waals surface area contributed by atoms with Crippen LogP contribution < -0.4 is 5.32 Å². The molecule has 1 saturated heterocycles. The quantitative estimate of drug-likeness (QED) is 0.846. The Morgan fingerprint density at radius 2 is 2.00 bits per heavy atom. The molecule has 3 atom stereocenters. The monoisotopic (exact) mass is 288 g/mol. The van der Waals surface area contributed by atoms with E-state index < -0.39 is 9.84 Å². The standard InChI is InChI=1S/C14H28N2O2S/c1-12-4-5-14(15-2)13(10-12)11-16-6-3-8-19(17,18)9-7-16/h12-15H,3-11H2,1-2H3. The van der Waals surface area contributed by atoms with Crippen LogP contribution in [-0.2, 0) is 9.84 Å². The Bertz CT molecular complexity index is 383. The smallest absolute Gasteiger partial charge is 0.151 e. The number of sulfone groups is 1. The third-order valence-corrected chi connectivity index (χ3v) is 6.47. The second-order valence-corrected chi connectivity index (χ2v) is 8.68.